The first-order chi connectivity index (χ1) is 6.43. The first kappa shape index (κ1) is 6.71. The number of aliphatic imine (C=N–C) groups is 1. The molecule has 0 radical (unpaired) electrons. The van der Waals surface area contributed by atoms with Gasteiger partial charge in [-0.1, -0.05) is 0 Å². The molecule has 0 aromatic carbocycles. The van der Waals surface area contributed by atoms with Crippen molar-refractivity contribution < 1.29 is 4.74 Å². The van der Waals surface area contributed by atoms with Crippen molar-refractivity contribution in [3.8, 4) is 0 Å². The van der Waals surface area contributed by atoms with Gasteiger partial charge in [0.1, 0.15) is 11.8 Å². The van der Waals surface area contributed by atoms with Gasteiger partial charge in [-0.25, -0.2) is 0 Å². The summed E-state index contributed by atoms with van der Waals surface area (Å²) >= 11 is 0. The van der Waals surface area contributed by atoms with Gasteiger partial charge in [0, 0.05) is 11.3 Å². The van der Waals surface area contributed by atoms with E-state index in [-0.39, 0.29) is 6.04 Å². The van der Waals surface area contributed by atoms with Crippen molar-refractivity contribution in [2.75, 3.05) is 0 Å². The molecule has 64 valence electrons. The second kappa shape index (κ2) is 2.36. The molecule has 0 bridgehead atoms. The smallest absolute Gasteiger partial charge is 0.132 e. The maximum Gasteiger partial charge on any atom is 0.132 e. The summed E-state index contributed by atoms with van der Waals surface area (Å²) in [5, 5.41) is 3.10. The summed E-state index contributed by atoms with van der Waals surface area (Å²) in [7, 11) is 0. The molecule has 1 atom stereocenters. The minimum Gasteiger partial charge on any atom is -0.465 e. The lowest BCUT2D eigenvalue weighted by atomic mass is 10.0. The minimum absolute atomic E-state index is 0.124. The van der Waals surface area contributed by atoms with Gasteiger partial charge in [0.2, 0.25) is 0 Å². The summed E-state index contributed by atoms with van der Waals surface area (Å²) in [4.78, 5) is 4.24. The van der Waals surface area contributed by atoms with Crippen LogP contribution in [0.4, 0.5) is 0 Å². The second-order valence-electron chi connectivity index (χ2n) is 3.07. The molecule has 3 heteroatoms. The van der Waals surface area contributed by atoms with E-state index in [0.717, 1.165) is 17.0 Å². The van der Waals surface area contributed by atoms with Gasteiger partial charge in [0.05, 0.1) is 12.6 Å². The van der Waals surface area contributed by atoms with E-state index >= 15 is 0 Å². The van der Waals surface area contributed by atoms with Crippen LogP contribution >= 0.6 is 0 Å². The highest BCUT2D eigenvalue weighted by molar-refractivity contribution is 5.66. The predicted octanol–water partition coefficient (Wildman–Crippen LogP) is 1.24. The molecule has 2 heterocycles. The van der Waals surface area contributed by atoms with Crippen molar-refractivity contribution in [3.63, 3.8) is 0 Å². The Morgan fingerprint density at radius 2 is 2.46 bits per heavy atom. The minimum atomic E-state index is 0.124. The Morgan fingerprint density at radius 3 is 3.46 bits per heavy atom. The van der Waals surface area contributed by atoms with Crippen molar-refractivity contribution in [1.82, 2.24) is 5.32 Å². The Kier molecular flexibility index (Phi) is 1.22. The zero-order valence-electron chi connectivity index (χ0n) is 6.90. The normalized spacial score (nSPS) is 27.7. The van der Waals surface area contributed by atoms with Gasteiger partial charge in [-0.15, -0.1) is 0 Å². The average Bonchev–Trinajstić information content (AvgIpc) is 2.61. The lowest BCUT2D eigenvalue weighted by molar-refractivity contribution is 0.355. The van der Waals surface area contributed by atoms with E-state index < -0.39 is 0 Å². The maximum atomic E-state index is 5.36. The Balaban J connectivity index is 2.08. The zero-order chi connectivity index (χ0) is 8.67. The Labute approximate surface area is 75.8 Å². The van der Waals surface area contributed by atoms with Gasteiger partial charge in [-0.3, -0.25) is 4.99 Å². The molecule has 0 aromatic rings. The van der Waals surface area contributed by atoms with Crippen LogP contribution in [0, 0.1) is 0 Å². The van der Waals surface area contributed by atoms with E-state index in [1.165, 1.54) is 0 Å². The Hall–Kier alpha value is -1.77. The topological polar surface area (TPSA) is 33.6 Å². The van der Waals surface area contributed by atoms with Crippen molar-refractivity contribution in [2.24, 2.45) is 4.99 Å². The molecular formula is C10H8N2O. The summed E-state index contributed by atoms with van der Waals surface area (Å²) in [5.74, 6) is 0.900. The van der Waals surface area contributed by atoms with Crippen LogP contribution in [0.1, 0.15) is 0 Å². The van der Waals surface area contributed by atoms with Crippen LogP contribution in [0.5, 0.6) is 0 Å². The third-order valence-electron chi connectivity index (χ3n) is 2.24. The molecule has 1 unspecified atom stereocenters. The van der Waals surface area contributed by atoms with Crippen LogP contribution in [-0.2, 0) is 4.74 Å². The lowest BCUT2D eigenvalue weighted by Crippen LogP contribution is -2.16. The van der Waals surface area contributed by atoms with Crippen molar-refractivity contribution in [2.45, 2.75) is 6.04 Å². The SMILES string of the molecule is C1=COC2=CC3N=CNC3=CC2=C1. The van der Waals surface area contributed by atoms with Gasteiger partial charge < -0.3 is 10.1 Å². The zero-order valence-corrected chi connectivity index (χ0v) is 6.90. The molecule has 1 N–H and O–H groups in total. The van der Waals surface area contributed by atoms with Crippen LogP contribution < -0.4 is 5.32 Å². The summed E-state index contributed by atoms with van der Waals surface area (Å²) in [6.07, 6.45) is 11.4. The molecule has 13 heavy (non-hydrogen) atoms. The fourth-order valence-corrected chi connectivity index (χ4v) is 1.59. The van der Waals surface area contributed by atoms with Gasteiger partial charge in [0.25, 0.3) is 0 Å². The van der Waals surface area contributed by atoms with Crippen LogP contribution in [-0.4, -0.2) is 12.4 Å². The molecule has 0 spiro atoms. The summed E-state index contributed by atoms with van der Waals surface area (Å²) in [6, 6.07) is 0.124. The largest absolute Gasteiger partial charge is 0.465 e. The van der Waals surface area contributed by atoms with Crippen LogP contribution in [0.15, 0.2) is 52.6 Å². The first-order valence-corrected chi connectivity index (χ1v) is 4.19. The summed E-state index contributed by atoms with van der Waals surface area (Å²) in [6.45, 7) is 0. The van der Waals surface area contributed by atoms with Crippen molar-refractivity contribution >= 4 is 6.34 Å². The molecule has 3 nitrogen and oxygen atoms in total. The highest BCUT2D eigenvalue weighted by Gasteiger charge is 2.23. The molecule has 3 rings (SSSR count). The van der Waals surface area contributed by atoms with Crippen molar-refractivity contribution in [3.05, 3.63) is 47.6 Å². The number of nitrogens with one attached hydrogen (secondary N) is 1. The number of fused-ring (bicyclic) bond motifs is 2. The van der Waals surface area contributed by atoms with Crippen LogP contribution in [0.25, 0.3) is 0 Å². The predicted molar refractivity (Wildman–Crippen MR) is 49.9 cm³/mol. The number of nitrogens with zero attached hydrogens (tertiary/aromatic N) is 1. The molecule has 1 aliphatic carbocycles. The molecule has 3 aliphatic rings. The third-order valence-corrected chi connectivity index (χ3v) is 2.24. The standard InChI is InChI=1S/C10H8N2O/c1-2-7-4-8-9(12-6-11-8)5-10(7)13-3-1/h1-6,9H,(H,11,12). The van der Waals surface area contributed by atoms with Gasteiger partial charge in [0.15, 0.2) is 0 Å². The highest BCUT2D eigenvalue weighted by Crippen LogP contribution is 2.28. The van der Waals surface area contributed by atoms with E-state index in [1.807, 2.05) is 18.2 Å². The van der Waals surface area contributed by atoms with E-state index in [0.29, 0.717) is 0 Å². The quantitative estimate of drug-likeness (QED) is 0.596. The number of rotatable bonds is 0. The number of allylic oxidation sites excluding steroid dienone is 3. The number of hydrogen-bond donors (Lipinski definition) is 1. The van der Waals surface area contributed by atoms with E-state index in [2.05, 4.69) is 16.4 Å². The average molecular weight is 172 g/mol. The van der Waals surface area contributed by atoms with E-state index in [1.54, 1.807) is 12.6 Å². The Bertz CT molecular complexity index is 399. The number of hydrogen-bond acceptors (Lipinski definition) is 3. The van der Waals surface area contributed by atoms with Gasteiger partial charge in [-0.05, 0) is 24.3 Å². The monoisotopic (exact) mass is 172 g/mol. The van der Waals surface area contributed by atoms with Crippen LogP contribution in [0.3, 0.4) is 0 Å². The maximum absolute atomic E-state index is 5.36. The van der Waals surface area contributed by atoms with E-state index in [4.69, 9.17) is 4.74 Å². The van der Waals surface area contributed by atoms with Crippen LogP contribution in [0.2, 0.25) is 0 Å². The second-order valence-corrected chi connectivity index (χ2v) is 3.07. The lowest BCUT2D eigenvalue weighted by Gasteiger charge is -2.18. The number of ether oxygens (including phenoxy) is 1. The summed E-state index contributed by atoms with van der Waals surface area (Å²) in [5.41, 5.74) is 2.22. The van der Waals surface area contributed by atoms with E-state index in [9.17, 15) is 0 Å². The highest BCUT2D eigenvalue weighted by atomic mass is 16.5. The molecule has 0 fully saturated rings. The Morgan fingerprint density at radius 1 is 1.46 bits per heavy atom. The molecule has 0 amide bonds. The summed E-state index contributed by atoms with van der Waals surface area (Å²) < 4.78 is 5.36. The fourth-order valence-electron chi connectivity index (χ4n) is 1.59. The molecular weight excluding hydrogens is 164 g/mol. The van der Waals surface area contributed by atoms with Crippen molar-refractivity contribution in [1.29, 1.82) is 0 Å². The molecule has 0 saturated heterocycles. The molecule has 2 aliphatic heterocycles. The van der Waals surface area contributed by atoms with Gasteiger partial charge >= 0.3 is 0 Å². The molecule has 0 aromatic heterocycles. The fraction of sp³-hybridized carbons (Fsp3) is 0.100. The molecule has 0 saturated carbocycles. The third kappa shape index (κ3) is 0.935. The first-order valence-electron chi connectivity index (χ1n) is 4.19. The van der Waals surface area contributed by atoms with Gasteiger partial charge in [-0.2, -0.15) is 0 Å².